The minimum absolute atomic E-state index is 0.0529. The van der Waals surface area contributed by atoms with Crippen LogP contribution in [0.5, 0.6) is 0 Å². The number of amides is 1. The molecule has 4 atom stereocenters. The molecule has 2 aromatic rings. The van der Waals surface area contributed by atoms with Crippen molar-refractivity contribution in [3.8, 4) is 0 Å². The molecule has 12 heteroatoms. The summed E-state index contributed by atoms with van der Waals surface area (Å²) in [7, 11) is 0. The first-order valence-corrected chi connectivity index (χ1v) is 10.1. The molecule has 1 amide bonds. The Labute approximate surface area is 191 Å². The van der Waals surface area contributed by atoms with Crippen LogP contribution in [-0.2, 0) is 20.7 Å². The molecule has 0 aromatic heterocycles. The molecular formula is C22H21F3N2O7. The van der Waals surface area contributed by atoms with Gasteiger partial charge in [-0.2, -0.15) is 13.2 Å². The van der Waals surface area contributed by atoms with Crippen molar-refractivity contribution in [3.63, 3.8) is 0 Å². The molecule has 34 heavy (non-hydrogen) atoms. The smallest absolute Gasteiger partial charge is 0.432 e. The molecule has 1 fully saturated rings. The second-order valence-corrected chi connectivity index (χ2v) is 7.83. The minimum Gasteiger partial charge on any atom is -0.432 e. The molecule has 0 aliphatic carbocycles. The molecule has 1 aliphatic rings. The summed E-state index contributed by atoms with van der Waals surface area (Å²) in [6.07, 6.45) is -8.34. The van der Waals surface area contributed by atoms with Gasteiger partial charge in [0, 0.05) is 25.0 Å². The van der Waals surface area contributed by atoms with Crippen LogP contribution in [0.15, 0.2) is 54.6 Å². The Morgan fingerprint density at radius 1 is 1.21 bits per heavy atom. The number of alkyl halides is 3. The number of nitro groups is 1. The topological polar surface area (TPSA) is 128 Å². The predicted octanol–water partition coefficient (Wildman–Crippen LogP) is 2.91. The van der Waals surface area contributed by atoms with Gasteiger partial charge < -0.3 is 19.9 Å². The van der Waals surface area contributed by atoms with Crippen LogP contribution >= 0.6 is 0 Å². The lowest BCUT2D eigenvalue weighted by molar-refractivity contribution is -0.384. The van der Waals surface area contributed by atoms with E-state index in [9.17, 15) is 38.0 Å². The molecule has 182 valence electrons. The fourth-order valence-electron chi connectivity index (χ4n) is 3.68. The Morgan fingerprint density at radius 3 is 2.38 bits per heavy atom. The summed E-state index contributed by atoms with van der Waals surface area (Å²) in [4.78, 5) is 34.2. The van der Waals surface area contributed by atoms with E-state index >= 15 is 0 Å². The van der Waals surface area contributed by atoms with Gasteiger partial charge in [-0.05, 0) is 24.6 Å². The van der Waals surface area contributed by atoms with Crippen molar-refractivity contribution in [2.45, 2.75) is 50.0 Å². The molecule has 1 aliphatic heterocycles. The van der Waals surface area contributed by atoms with Gasteiger partial charge in [0.05, 0.1) is 22.6 Å². The van der Waals surface area contributed by atoms with E-state index in [0.29, 0.717) is 5.56 Å². The highest BCUT2D eigenvalue weighted by Crippen LogP contribution is 2.34. The molecular weight excluding hydrogens is 461 g/mol. The Bertz CT molecular complexity index is 1050. The number of benzene rings is 2. The number of halogens is 3. The van der Waals surface area contributed by atoms with E-state index in [1.807, 2.05) is 0 Å². The van der Waals surface area contributed by atoms with Gasteiger partial charge >= 0.3 is 18.1 Å². The number of ether oxygens (including phenoxy) is 2. The van der Waals surface area contributed by atoms with Crippen molar-refractivity contribution in [1.82, 2.24) is 5.32 Å². The number of nitrogens with zero attached hydrogens (tertiary/aromatic N) is 1. The maximum Gasteiger partial charge on any atom is 0.471 e. The number of hydrogen-bond acceptors (Lipinski definition) is 7. The highest BCUT2D eigenvalue weighted by molar-refractivity contribution is 5.89. The number of nitrogens with one attached hydrogen (secondary N) is 1. The van der Waals surface area contributed by atoms with E-state index < -0.39 is 53.4 Å². The van der Waals surface area contributed by atoms with E-state index in [0.717, 1.165) is 24.3 Å². The van der Waals surface area contributed by atoms with Crippen molar-refractivity contribution in [2.24, 2.45) is 0 Å². The minimum atomic E-state index is -5.19. The zero-order chi connectivity index (χ0) is 25.1. The maximum atomic E-state index is 12.9. The molecule has 0 spiro atoms. The second-order valence-electron chi connectivity index (χ2n) is 7.83. The molecule has 9 nitrogen and oxygen atoms in total. The van der Waals surface area contributed by atoms with E-state index in [1.165, 1.54) is 6.92 Å². The zero-order valence-electron chi connectivity index (χ0n) is 17.8. The third-order valence-corrected chi connectivity index (χ3v) is 5.54. The van der Waals surface area contributed by atoms with Gasteiger partial charge in [0.1, 0.15) is 5.60 Å². The third-order valence-electron chi connectivity index (χ3n) is 5.54. The Hall–Kier alpha value is -3.51. The van der Waals surface area contributed by atoms with Gasteiger partial charge in [0.2, 0.25) is 6.29 Å². The second kappa shape index (κ2) is 9.77. The lowest BCUT2D eigenvalue weighted by atomic mass is 9.79. The molecule has 0 saturated carbocycles. The summed E-state index contributed by atoms with van der Waals surface area (Å²) in [5.74, 6) is -3.19. The standard InChI is InChI=1S/C22H21F3N2O7/c1-13-21(30,12-14-5-3-2-4-6-14)17(26-20(29)22(23,24)25)11-18(33-13)34-19(28)15-7-9-16(10-8-15)27(31)32/h2-10,13,17-18,30H,11-12H2,1H3,(H,26,29)/t13-,17+,18-,21+/m1/s1. The normalized spacial score (nSPS) is 24.8. The Morgan fingerprint density at radius 2 is 1.82 bits per heavy atom. The number of carbonyl (C=O) groups excluding carboxylic acids is 2. The molecule has 2 aromatic carbocycles. The molecule has 1 saturated heterocycles. The van der Waals surface area contributed by atoms with E-state index in [2.05, 4.69) is 0 Å². The number of rotatable bonds is 6. The van der Waals surface area contributed by atoms with Crippen molar-refractivity contribution in [2.75, 3.05) is 0 Å². The number of esters is 1. The van der Waals surface area contributed by atoms with Crippen LogP contribution in [0.3, 0.4) is 0 Å². The summed E-state index contributed by atoms with van der Waals surface area (Å²) in [6.45, 7) is 1.39. The molecule has 0 unspecified atom stereocenters. The quantitative estimate of drug-likeness (QED) is 0.368. The lowest BCUT2D eigenvalue weighted by Gasteiger charge is -2.47. The lowest BCUT2D eigenvalue weighted by Crippen LogP contribution is -2.66. The van der Waals surface area contributed by atoms with Gasteiger partial charge in [0.25, 0.3) is 5.69 Å². The molecule has 3 rings (SSSR count). The summed E-state index contributed by atoms with van der Waals surface area (Å²) in [5.41, 5.74) is -1.66. The molecule has 0 bridgehead atoms. The molecule has 0 radical (unpaired) electrons. The summed E-state index contributed by atoms with van der Waals surface area (Å²) in [5, 5.41) is 23.9. The predicted molar refractivity (Wildman–Crippen MR) is 111 cm³/mol. The SMILES string of the molecule is C[C@H]1O[C@H](OC(=O)c2ccc([N+](=O)[O-])cc2)C[C@H](NC(=O)C(F)(F)F)[C@]1(O)Cc1ccccc1. The first-order chi connectivity index (χ1) is 15.9. The number of hydrogen-bond donors (Lipinski definition) is 2. The fourth-order valence-corrected chi connectivity index (χ4v) is 3.68. The van der Waals surface area contributed by atoms with Crippen molar-refractivity contribution in [3.05, 3.63) is 75.8 Å². The Kier molecular flexibility index (Phi) is 7.22. The number of aliphatic hydroxyl groups is 1. The largest absolute Gasteiger partial charge is 0.471 e. The van der Waals surface area contributed by atoms with Crippen molar-refractivity contribution < 1.29 is 42.3 Å². The average Bonchev–Trinajstić information content (AvgIpc) is 2.77. The van der Waals surface area contributed by atoms with E-state index in [-0.39, 0.29) is 17.7 Å². The van der Waals surface area contributed by atoms with Crippen LogP contribution < -0.4 is 5.32 Å². The fraction of sp³-hybridized carbons (Fsp3) is 0.364. The first-order valence-electron chi connectivity index (χ1n) is 10.1. The van der Waals surface area contributed by atoms with Gasteiger partial charge in [-0.3, -0.25) is 14.9 Å². The third kappa shape index (κ3) is 5.69. The van der Waals surface area contributed by atoms with Gasteiger partial charge in [0.15, 0.2) is 0 Å². The van der Waals surface area contributed by atoms with Crippen LogP contribution in [0.25, 0.3) is 0 Å². The number of nitro benzene ring substituents is 1. The van der Waals surface area contributed by atoms with Gasteiger partial charge in [-0.1, -0.05) is 30.3 Å². The number of carbonyl (C=O) groups is 2. The van der Waals surface area contributed by atoms with Gasteiger partial charge in [-0.25, -0.2) is 4.79 Å². The zero-order valence-corrected chi connectivity index (χ0v) is 17.8. The maximum absolute atomic E-state index is 12.9. The van der Waals surface area contributed by atoms with Crippen LogP contribution in [0, 0.1) is 10.1 Å². The van der Waals surface area contributed by atoms with E-state index in [1.54, 1.807) is 35.6 Å². The molecule has 2 N–H and O–H groups in total. The number of non-ortho nitro benzene ring substituents is 1. The van der Waals surface area contributed by atoms with Crippen LogP contribution in [-0.4, -0.2) is 52.1 Å². The highest BCUT2D eigenvalue weighted by Gasteiger charge is 2.52. The summed E-state index contributed by atoms with van der Waals surface area (Å²) >= 11 is 0. The van der Waals surface area contributed by atoms with Crippen LogP contribution in [0.2, 0.25) is 0 Å². The monoisotopic (exact) mass is 482 g/mol. The summed E-state index contributed by atoms with van der Waals surface area (Å²) in [6, 6.07) is 11.4. The van der Waals surface area contributed by atoms with Gasteiger partial charge in [-0.15, -0.1) is 0 Å². The summed E-state index contributed by atoms with van der Waals surface area (Å²) < 4.78 is 49.6. The molecule has 1 heterocycles. The highest BCUT2D eigenvalue weighted by atomic mass is 19.4. The average molecular weight is 482 g/mol. The first kappa shape index (κ1) is 25.1. The van der Waals surface area contributed by atoms with Crippen molar-refractivity contribution >= 4 is 17.6 Å². The van der Waals surface area contributed by atoms with E-state index in [4.69, 9.17) is 9.47 Å². The van der Waals surface area contributed by atoms with Crippen molar-refractivity contribution in [1.29, 1.82) is 0 Å². The Balaban J connectivity index is 1.80. The van der Waals surface area contributed by atoms with Crippen LogP contribution in [0.4, 0.5) is 18.9 Å². The van der Waals surface area contributed by atoms with Crippen LogP contribution in [0.1, 0.15) is 29.3 Å².